The van der Waals surface area contributed by atoms with Crippen molar-refractivity contribution in [2.75, 3.05) is 18.5 Å². The summed E-state index contributed by atoms with van der Waals surface area (Å²) in [5.74, 6) is 0. The van der Waals surface area contributed by atoms with Crippen LogP contribution < -0.4 is 4.90 Å². The number of aliphatic hydroxyl groups excluding tert-OH is 1. The average molecular weight is 238 g/mol. The van der Waals surface area contributed by atoms with Gasteiger partial charge in [-0.05, 0) is 31.9 Å². The van der Waals surface area contributed by atoms with Gasteiger partial charge in [0.2, 0.25) is 0 Å². The second-order valence-corrected chi connectivity index (χ2v) is 4.31. The lowest BCUT2D eigenvalue weighted by molar-refractivity contribution is -0.384. The Bertz CT molecular complexity index is 405. The molecule has 0 fully saturated rings. The van der Waals surface area contributed by atoms with Crippen LogP contribution in [0.3, 0.4) is 0 Å². The molecule has 0 aliphatic rings. The van der Waals surface area contributed by atoms with Crippen LogP contribution in [0.2, 0.25) is 0 Å². The van der Waals surface area contributed by atoms with Gasteiger partial charge in [-0.15, -0.1) is 0 Å². The number of hydrogen-bond donors (Lipinski definition) is 1. The smallest absolute Gasteiger partial charge is 0.292 e. The monoisotopic (exact) mass is 238 g/mol. The van der Waals surface area contributed by atoms with Crippen molar-refractivity contribution >= 4 is 11.4 Å². The molecule has 0 bridgehead atoms. The first-order valence-electron chi connectivity index (χ1n) is 5.56. The summed E-state index contributed by atoms with van der Waals surface area (Å²) in [6.07, 6.45) is 0.183. The van der Waals surface area contributed by atoms with E-state index < -0.39 is 6.10 Å². The Morgan fingerprint density at radius 2 is 2.18 bits per heavy atom. The van der Waals surface area contributed by atoms with Gasteiger partial charge in [0.05, 0.1) is 11.0 Å². The van der Waals surface area contributed by atoms with Crippen LogP contribution in [0.1, 0.15) is 18.9 Å². The predicted octanol–water partition coefficient (Wildman–Crippen LogP) is 2.11. The van der Waals surface area contributed by atoms with E-state index in [0.29, 0.717) is 18.7 Å². The third kappa shape index (κ3) is 3.71. The summed E-state index contributed by atoms with van der Waals surface area (Å²) < 4.78 is 0. The summed E-state index contributed by atoms with van der Waals surface area (Å²) in [5.41, 5.74) is 1.67. The number of hydrogen-bond acceptors (Lipinski definition) is 4. The fraction of sp³-hybridized carbons (Fsp3) is 0.500. The fourth-order valence-corrected chi connectivity index (χ4v) is 1.59. The maximum Gasteiger partial charge on any atom is 0.292 e. The second-order valence-electron chi connectivity index (χ2n) is 4.31. The van der Waals surface area contributed by atoms with Crippen molar-refractivity contribution < 1.29 is 10.0 Å². The maximum absolute atomic E-state index is 10.9. The highest BCUT2D eigenvalue weighted by Gasteiger charge is 2.17. The normalized spacial score (nSPS) is 12.2. The lowest BCUT2D eigenvalue weighted by Gasteiger charge is -2.20. The Balaban J connectivity index is 2.94. The van der Waals surface area contributed by atoms with E-state index in [2.05, 4.69) is 0 Å². The number of rotatable bonds is 5. The molecule has 0 spiro atoms. The van der Waals surface area contributed by atoms with Gasteiger partial charge in [-0.1, -0.05) is 6.07 Å². The van der Waals surface area contributed by atoms with Crippen molar-refractivity contribution in [1.82, 2.24) is 0 Å². The summed E-state index contributed by atoms with van der Waals surface area (Å²) >= 11 is 0. The van der Waals surface area contributed by atoms with Crippen LogP contribution in [0.25, 0.3) is 0 Å². The van der Waals surface area contributed by atoms with Crippen LogP contribution in [-0.4, -0.2) is 29.7 Å². The van der Waals surface area contributed by atoms with Crippen molar-refractivity contribution in [3.8, 4) is 0 Å². The molecule has 5 nitrogen and oxygen atoms in total. The fourth-order valence-electron chi connectivity index (χ4n) is 1.59. The molecule has 1 atom stereocenters. The standard InChI is InChI=1S/C12H18N2O3/c1-9-4-5-11(14(16)17)12(8-9)13(3)7-6-10(2)15/h4-5,8,10,15H,6-7H2,1-3H3. The summed E-state index contributed by atoms with van der Waals surface area (Å²) in [7, 11) is 1.80. The Labute approximate surface area is 101 Å². The third-order valence-corrected chi connectivity index (χ3v) is 2.62. The molecule has 17 heavy (non-hydrogen) atoms. The van der Waals surface area contributed by atoms with E-state index in [1.165, 1.54) is 6.07 Å². The van der Waals surface area contributed by atoms with Gasteiger partial charge in [0.15, 0.2) is 0 Å². The molecule has 0 aliphatic carbocycles. The van der Waals surface area contributed by atoms with Gasteiger partial charge >= 0.3 is 0 Å². The van der Waals surface area contributed by atoms with Crippen molar-refractivity contribution in [1.29, 1.82) is 0 Å². The first kappa shape index (κ1) is 13.4. The van der Waals surface area contributed by atoms with Crippen LogP contribution in [0, 0.1) is 17.0 Å². The zero-order chi connectivity index (χ0) is 13.0. The zero-order valence-electron chi connectivity index (χ0n) is 10.4. The third-order valence-electron chi connectivity index (χ3n) is 2.62. The number of aryl methyl sites for hydroxylation is 1. The molecule has 1 aromatic rings. The molecule has 0 heterocycles. The van der Waals surface area contributed by atoms with Crippen molar-refractivity contribution in [2.45, 2.75) is 26.4 Å². The van der Waals surface area contributed by atoms with Gasteiger partial charge in [0.1, 0.15) is 5.69 Å². The van der Waals surface area contributed by atoms with E-state index in [-0.39, 0.29) is 10.6 Å². The highest BCUT2D eigenvalue weighted by molar-refractivity contribution is 5.64. The summed E-state index contributed by atoms with van der Waals surface area (Å²) in [5, 5.41) is 20.1. The highest BCUT2D eigenvalue weighted by Crippen LogP contribution is 2.28. The minimum Gasteiger partial charge on any atom is -0.393 e. The second kappa shape index (κ2) is 5.63. The molecule has 1 N–H and O–H groups in total. The van der Waals surface area contributed by atoms with Gasteiger partial charge in [-0.25, -0.2) is 0 Å². The number of nitrogens with zero attached hydrogens (tertiary/aromatic N) is 2. The predicted molar refractivity (Wildman–Crippen MR) is 67.4 cm³/mol. The van der Waals surface area contributed by atoms with Gasteiger partial charge in [0, 0.05) is 19.7 Å². The van der Waals surface area contributed by atoms with Crippen LogP contribution in [0.4, 0.5) is 11.4 Å². The largest absolute Gasteiger partial charge is 0.393 e. The number of nitro benzene ring substituents is 1. The first-order chi connectivity index (χ1) is 7.91. The molecule has 0 radical (unpaired) electrons. The average Bonchev–Trinajstić information content (AvgIpc) is 2.25. The quantitative estimate of drug-likeness (QED) is 0.630. The Morgan fingerprint density at radius 3 is 2.71 bits per heavy atom. The van der Waals surface area contributed by atoms with Crippen LogP contribution in [0.15, 0.2) is 18.2 Å². The van der Waals surface area contributed by atoms with Crippen molar-refractivity contribution in [2.24, 2.45) is 0 Å². The molecular formula is C12H18N2O3. The van der Waals surface area contributed by atoms with E-state index in [9.17, 15) is 15.2 Å². The Morgan fingerprint density at radius 1 is 1.53 bits per heavy atom. The molecular weight excluding hydrogens is 220 g/mol. The maximum atomic E-state index is 10.9. The van der Waals surface area contributed by atoms with Gasteiger partial charge in [0.25, 0.3) is 5.69 Å². The topological polar surface area (TPSA) is 66.6 Å². The van der Waals surface area contributed by atoms with Crippen molar-refractivity contribution in [3.63, 3.8) is 0 Å². The number of anilines is 1. The summed E-state index contributed by atoms with van der Waals surface area (Å²) in [6, 6.07) is 5.04. The SMILES string of the molecule is Cc1ccc([N+](=O)[O-])c(N(C)CCC(C)O)c1. The van der Waals surface area contributed by atoms with E-state index in [0.717, 1.165) is 5.56 Å². The van der Waals surface area contributed by atoms with Crippen LogP contribution in [0.5, 0.6) is 0 Å². The highest BCUT2D eigenvalue weighted by atomic mass is 16.6. The molecule has 94 valence electrons. The summed E-state index contributed by atoms with van der Waals surface area (Å²) in [6.45, 7) is 4.19. The molecule has 1 rings (SSSR count). The van der Waals surface area contributed by atoms with Gasteiger partial charge in [-0.3, -0.25) is 10.1 Å². The van der Waals surface area contributed by atoms with E-state index >= 15 is 0 Å². The minimum absolute atomic E-state index is 0.101. The molecule has 1 aromatic carbocycles. The Kier molecular flexibility index (Phi) is 4.45. The number of aliphatic hydroxyl groups is 1. The molecule has 0 aromatic heterocycles. The summed E-state index contributed by atoms with van der Waals surface area (Å²) in [4.78, 5) is 12.3. The van der Waals surface area contributed by atoms with Crippen LogP contribution in [-0.2, 0) is 0 Å². The minimum atomic E-state index is -0.402. The van der Waals surface area contributed by atoms with Gasteiger partial charge in [-0.2, -0.15) is 0 Å². The molecule has 5 heteroatoms. The van der Waals surface area contributed by atoms with Crippen molar-refractivity contribution in [3.05, 3.63) is 33.9 Å². The molecule has 0 amide bonds. The first-order valence-corrected chi connectivity index (χ1v) is 5.56. The van der Waals surface area contributed by atoms with E-state index in [1.54, 1.807) is 31.0 Å². The van der Waals surface area contributed by atoms with E-state index in [1.807, 2.05) is 6.92 Å². The lowest BCUT2D eigenvalue weighted by Crippen LogP contribution is -2.22. The molecule has 0 saturated carbocycles. The van der Waals surface area contributed by atoms with Crippen LogP contribution >= 0.6 is 0 Å². The number of benzene rings is 1. The van der Waals surface area contributed by atoms with E-state index in [4.69, 9.17) is 0 Å². The Hall–Kier alpha value is -1.62. The molecule has 0 saturated heterocycles. The molecule has 0 aliphatic heterocycles. The number of nitro groups is 1. The van der Waals surface area contributed by atoms with Gasteiger partial charge < -0.3 is 10.0 Å². The lowest BCUT2D eigenvalue weighted by atomic mass is 10.1. The molecule has 1 unspecified atom stereocenters. The zero-order valence-corrected chi connectivity index (χ0v) is 10.4.